The van der Waals surface area contributed by atoms with Gasteiger partial charge in [0.05, 0.1) is 29.0 Å². The number of benzene rings is 1. The van der Waals surface area contributed by atoms with Crippen molar-refractivity contribution in [2.24, 2.45) is 0 Å². The third kappa shape index (κ3) is 4.30. The summed E-state index contributed by atoms with van der Waals surface area (Å²) in [6, 6.07) is 3.98. The number of nitrogens with zero attached hydrogens (tertiary/aromatic N) is 2. The Kier molecular flexibility index (Phi) is 5.35. The van der Waals surface area contributed by atoms with Crippen LogP contribution in [0.25, 0.3) is 0 Å². The maximum atomic E-state index is 11.9. The van der Waals surface area contributed by atoms with Gasteiger partial charge in [-0.15, -0.1) is 0 Å². The zero-order valence-corrected chi connectivity index (χ0v) is 12.1. The van der Waals surface area contributed by atoms with Crippen LogP contribution in [0.3, 0.4) is 0 Å². The Balaban J connectivity index is 1.86. The second-order valence-electron chi connectivity index (χ2n) is 4.60. The number of nitro benzene ring substituents is 1. The van der Waals surface area contributed by atoms with Gasteiger partial charge in [0, 0.05) is 32.2 Å². The fraction of sp³-hybridized carbons (Fsp3) is 0.462. The molecular formula is C13H16ClN3O4. The van der Waals surface area contributed by atoms with Gasteiger partial charge in [-0.1, -0.05) is 11.6 Å². The molecule has 8 heteroatoms. The summed E-state index contributed by atoms with van der Waals surface area (Å²) in [6.07, 6.45) is 0.221. The van der Waals surface area contributed by atoms with Crippen LogP contribution in [-0.4, -0.2) is 48.5 Å². The van der Waals surface area contributed by atoms with E-state index in [0.29, 0.717) is 13.1 Å². The van der Waals surface area contributed by atoms with E-state index in [9.17, 15) is 14.9 Å². The Labute approximate surface area is 127 Å². The van der Waals surface area contributed by atoms with Gasteiger partial charge >= 0.3 is 0 Å². The van der Waals surface area contributed by atoms with Crippen LogP contribution in [0, 0.1) is 10.1 Å². The van der Waals surface area contributed by atoms with Gasteiger partial charge in [0.1, 0.15) is 5.75 Å². The summed E-state index contributed by atoms with van der Waals surface area (Å²) in [7, 11) is 0. The Morgan fingerprint density at radius 1 is 1.43 bits per heavy atom. The molecule has 0 saturated carbocycles. The minimum Gasteiger partial charge on any atom is -0.491 e. The molecule has 0 atom stereocenters. The van der Waals surface area contributed by atoms with Gasteiger partial charge in [-0.05, 0) is 6.07 Å². The SMILES string of the molecule is O=C(CCOc1cc([N+](=O)[O-])ccc1Cl)N1CCNCC1. The first-order valence-corrected chi connectivity index (χ1v) is 7.01. The topological polar surface area (TPSA) is 84.7 Å². The van der Waals surface area contributed by atoms with Gasteiger partial charge in [-0.2, -0.15) is 0 Å². The minimum absolute atomic E-state index is 0.0121. The van der Waals surface area contributed by atoms with E-state index in [2.05, 4.69) is 5.32 Å². The molecule has 1 aromatic rings. The van der Waals surface area contributed by atoms with Gasteiger partial charge < -0.3 is 15.0 Å². The lowest BCUT2D eigenvalue weighted by molar-refractivity contribution is -0.384. The van der Waals surface area contributed by atoms with Crippen LogP contribution < -0.4 is 10.1 Å². The summed E-state index contributed by atoms with van der Waals surface area (Å²) in [5.41, 5.74) is -0.0946. The third-order valence-corrected chi connectivity index (χ3v) is 3.48. The number of non-ortho nitro benzene ring substituents is 1. The smallest absolute Gasteiger partial charge is 0.273 e. The van der Waals surface area contributed by atoms with E-state index in [1.807, 2.05) is 0 Å². The standard InChI is InChI=1S/C13H16ClN3O4/c14-11-2-1-10(17(19)20)9-12(11)21-8-3-13(18)16-6-4-15-5-7-16/h1-2,9,15H,3-8H2. The predicted octanol–water partition coefficient (Wildman–Crippen LogP) is 1.45. The van der Waals surface area contributed by atoms with E-state index in [1.165, 1.54) is 18.2 Å². The Bertz CT molecular complexity index is 532. The van der Waals surface area contributed by atoms with E-state index in [0.717, 1.165) is 13.1 Å². The highest BCUT2D eigenvalue weighted by Crippen LogP contribution is 2.28. The fourth-order valence-corrected chi connectivity index (χ4v) is 2.21. The molecule has 2 rings (SSSR count). The summed E-state index contributed by atoms with van der Waals surface area (Å²) in [4.78, 5) is 23.9. The zero-order valence-electron chi connectivity index (χ0n) is 11.4. The number of rotatable bonds is 5. The van der Waals surface area contributed by atoms with Crippen molar-refractivity contribution in [1.29, 1.82) is 0 Å². The molecule has 21 heavy (non-hydrogen) atoms. The van der Waals surface area contributed by atoms with Crippen LogP contribution in [0.15, 0.2) is 18.2 Å². The van der Waals surface area contributed by atoms with Gasteiger partial charge in [0.15, 0.2) is 0 Å². The molecule has 1 aliphatic rings. The summed E-state index contributed by atoms with van der Waals surface area (Å²) >= 11 is 5.91. The summed E-state index contributed by atoms with van der Waals surface area (Å²) in [5, 5.41) is 14.1. The average molecular weight is 314 g/mol. The van der Waals surface area contributed by atoms with Crippen molar-refractivity contribution in [3.05, 3.63) is 33.3 Å². The number of nitro groups is 1. The van der Waals surface area contributed by atoms with E-state index >= 15 is 0 Å². The molecule has 1 aliphatic heterocycles. The average Bonchev–Trinajstić information content (AvgIpc) is 2.49. The minimum atomic E-state index is -0.519. The highest BCUT2D eigenvalue weighted by molar-refractivity contribution is 6.32. The number of nitrogens with one attached hydrogen (secondary N) is 1. The molecule has 1 fully saturated rings. The van der Waals surface area contributed by atoms with Crippen molar-refractivity contribution in [2.75, 3.05) is 32.8 Å². The number of hydrogen-bond acceptors (Lipinski definition) is 5. The lowest BCUT2D eigenvalue weighted by Gasteiger charge is -2.27. The molecule has 0 aliphatic carbocycles. The third-order valence-electron chi connectivity index (χ3n) is 3.17. The molecular weight excluding hydrogens is 298 g/mol. The normalized spacial score (nSPS) is 14.8. The summed E-state index contributed by atoms with van der Waals surface area (Å²) in [6.45, 7) is 3.11. The number of ether oxygens (including phenoxy) is 1. The Hall–Kier alpha value is -1.86. The first-order valence-electron chi connectivity index (χ1n) is 6.63. The van der Waals surface area contributed by atoms with E-state index < -0.39 is 4.92 Å². The molecule has 1 amide bonds. The van der Waals surface area contributed by atoms with Crippen molar-refractivity contribution in [3.8, 4) is 5.75 Å². The maximum Gasteiger partial charge on any atom is 0.273 e. The largest absolute Gasteiger partial charge is 0.491 e. The molecule has 0 bridgehead atoms. The molecule has 114 valence electrons. The van der Waals surface area contributed by atoms with E-state index in [4.69, 9.17) is 16.3 Å². The second-order valence-corrected chi connectivity index (χ2v) is 5.01. The predicted molar refractivity (Wildman–Crippen MR) is 77.7 cm³/mol. The van der Waals surface area contributed by atoms with Crippen LogP contribution in [0.1, 0.15) is 6.42 Å². The van der Waals surface area contributed by atoms with Crippen LogP contribution >= 0.6 is 11.6 Å². The quantitative estimate of drug-likeness (QED) is 0.657. The van der Waals surface area contributed by atoms with Crippen LogP contribution in [0.5, 0.6) is 5.75 Å². The summed E-state index contributed by atoms with van der Waals surface area (Å²) < 4.78 is 5.39. The van der Waals surface area contributed by atoms with E-state index in [1.54, 1.807) is 4.90 Å². The molecule has 7 nitrogen and oxygen atoms in total. The van der Waals surface area contributed by atoms with Crippen molar-refractivity contribution >= 4 is 23.2 Å². The molecule has 0 unspecified atom stereocenters. The molecule has 1 aromatic carbocycles. The van der Waals surface area contributed by atoms with E-state index in [-0.39, 0.29) is 35.4 Å². The zero-order chi connectivity index (χ0) is 15.2. The van der Waals surface area contributed by atoms with Crippen LogP contribution in [-0.2, 0) is 4.79 Å². The Morgan fingerprint density at radius 3 is 2.81 bits per heavy atom. The highest BCUT2D eigenvalue weighted by atomic mass is 35.5. The molecule has 1 N–H and O–H groups in total. The Morgan fingerprint density at radius 2 is 2.14 bits per heavy atom. The van der Waals surface area contributed by atoms with Crippen molar-refractivity contribution in [3.63, 3.8) is 0 Å². The maximum absolute atomic E-state index is 11.9. The first kappa shape index (κ1) is 15.5. The van der Waals surface area contributed by atoms with Gasteiger partial charge in [-0.3, -0.25) is 14.9 Å². The number of hydrogen-bond donors (Lipinski definition) is 1. The number of piperazine rings is 1. The number of halogens is 1. The second kappa shape index (κ2) is 7.24. The molecule has 1 saturated heterocycles. The fourth-order valence-electron chi connectivity index (χ4n) is 2.04. The van der Waals surface area contributed by atoms with Crippen molar-refractivity contribution in [2.45, 2.75) is 6.42 Å². The lowest BCUT2D eigenvalue weighted by Crippen LogP contribution is -2.46. The van der Waals surface area contributed by atoms with Gasteiger partial charge in [-0.25, -0.2) is 0 Å². The van der Waals surface area contributed by atoms with Crippen molar-refractivity contribution < 1.29 is 14.5 Å². The van der Waals surface area contributed by atoms with Crippen LogP contribution in [0.2, 0.25) is 5.02 Å². The molecule has 0 aromatic heterocycles. The van der Waals surface area contributed by atoms with Crippen LogP contribution in [0.4, 0.5) is 5.69 Å². The molecule has 0 radical (unpaired) electrons. The number of carbonyl (C=O) groups is 1. The summed E-state index contributed by atoms with van der Waals surface area (Å²) in [5.74, 6) is 0.233. The first-order chi connectivity index (χ1) is 10.1. The molecule has 0 spiro atoms. The van der Waals surface area contributed by atoms with Gasteiger partial charge in [0.25, 0.3) is 5.69 Å². The molecule has 1 heterocycles. The lowest BCUT2D eigenvalue weighted by atomic mass is 10.3. The van der Waals surface area contributed by atoms with Gasteiger partial charge in [0.2, 0.25) is 5.91 Å². The number of amides is 1. The number of carbonyl (C=O) groups excluding carboxylic acids is 1. The highest BCUT2D eigenvalue weighted by Gasteiger charge is 2.16. The van der Waals surface area contributed by atoms with Crippen molar-refractivity contribution in [1.82, 2.24) is 10.2 Å². The monoisotopic (exact) mass is 313 g/mol.